The number of hydrogen-bond donors (Lipinski definition) is 1. The lowest BCUT2D eigenvalue weighted by Gasteiger charge is -2.17. The van der Waals surface area contributed by atoms with Crippen LogP contribution >= 0.6 is 0 Å². The van der Waals surface area contributed by atoms with Crippen molar-refractivity contribution in [3.8, 4) is 0 Å². The maximum Gasteiger partial charge on any atom is 0.144 e. The molecule has 114 valence electrons. The first-order chi connectivity index (χ1) is 10.1. The number of rotatable bonds is 7. The Hall–Kier alpha value is -1.68. The fraction of sp³-hybridized carbons (Fsp3) is 0.529. The molecule has 1 aromatic carbocycles. The van der Waals surface area contributed by atoms with Crippen molar-refractivity contribution in [1.29, 1.82) is 0 Å². The van der Waals surface area contributed by atoms with Gasteiger partial charge >= 0.3 is 0 Å². The molecule has 0 amide bonds. The summed E-state index contributed by atoms with van der Waals surface area (Å²) in [6.07, 6.45) is 1.39. The van der Waals surface area contributed by atoms with Gasteiger partial charge in [0, 0.05) is 19.0 Å². The molecular formula is C17H25N3O. The number of carbonyl (C=O) groups excluding carboxylic acids is 1. The van der Waals surface area contributed by atoms with Gasteiger partial charge in [0.1, 0.15) is 11.6 Å². The summed E-state index contributed by atoms with van der Waals surface area (Å²) in [5.74, 6) is 1.24. The van der Waals surface area contributed by atoms with Gasteiger partial charge < -0.3 is 10.3 Å². The number of Topliss-reactive ketones (excluding diaryl/α,β-unsaturated/α-hetero) is 1. The van der Waals surface area contributed by atoms with Crippen LogP contribution in [0.1, 0.15) is 33.0 Å². The number of hydrogen-bond acceptors (Lipinski definition) is 3. The van der Waals surface area contributed by atoms with Crippen LogP contribution in [0.2, 0.25) is 0 Å². The molecular weight excluding hydrogens is 262 g/mol. The lowest BCUT2D eigenvalue weighted by atomic mass is 9.90. The van der Waals surface area contributed by atoms with Crippen molar-refractivity contribution >= 4 is 16.8 Å². The molecule has 0 fully saturated rings. The third-order valence-electron chi connectivity index (χ3n) is 3.99. The first-order valence-corrected chi connectivity index (χ1v) is 7.75. The van der Waals surface area contributed by atoms with E-state index in [0.717, 1.165) is 29.8 Å². The number of fused-ring (bicyclic) bond motifs is 1. The SMILES string of the molecule is CCCn1c(CC(=O)C(CN)C(C)C)nc2ccccc21. The maximum atomic E-state index is 12.5. The number of para-hydroxylation sites is 2. The summed E-state index contributed by atoms with van der Waals surface area (Å²) >= 11 is 0. The maximum absolute atomic E-state index is 12.5. The molecule has 0 radical (unpaired) electrons. The summed E-state index contributed by atoms with van der Waals surface area (Å²) in [7, 11) is 0. The summed E-state index contributed by atoms with van der Waals surface area (Å²) < 4.78 is 2.17. The van der Waals surface area contributed by atoms with E-state index >= 15 is 0 Å². The van der Waals surface area contributed by atoms with Gasteiger partial charge in [-0.2, -0.15) is 0 Å². The van der Waals surface area contributed by atoms with Crippen LogP contribution in [0, 0.1) is 11.8 Å². The first-order valence-electron chi connectivity index (χ1n) is 7.75. The molecule has 1 unspecified atom stereocenters. The predicted molar refractivity (Wildman–Crippen MR) is 86.1 cm³/mol. The summed E-state index contributed by atoms with van der Waals surface area (Å²) in [4.78, 5) is 17.1. The van der Waals surface area contributed by atoms with Gasteiger partial charge in [-0.15, -0.1) is 0 Å². The second kappa shape index (κ2) is 6.85. The normalized spacial score (nSPS) is 13.0. The van der Waals surface area contributed by atoms with Crippen LogP contribution in [0.25, 0.3) is 11.0 Å². The molecule has 21 heavy (non-hydrogen) atoms. The van der Waals surface area contributed by atoms with Gasteiger partial charge in [-0.1, -0.05) is 32.9 Å². The fourth-order valence-corrected chi connectivity index (χ4v) is 2.80. The zero-order valence-electron chi connectivity index (χ0n) is 13.2. The number of carbonyl (C=O) groups is 1. The Kier molecular flexibility index (Phi) is 5.12. The van der Waals surface area contributed by atoms with E-state index in [0.29, 0.717) is 13.0 Å². The van der Waals surface area contributed by atoms with Crippen LogP contribution in [-0.2, 0) is 17.8 Å². The number of ketones is 1. The third kappa shape index (κ3) is 3.32. The van der Waals surface area contributed by atoms with E-state index in [1.54, 1.807) is 0 Å². The number of benzene rings is 1. The van der Waals surface area contributed by atoms with Crippen molar-refractivity contribution in [2.75, 3.05) is 6.54 Å². The lowest BCUT2D eigenvalue weighted by molar-refractivity contribution is -0.123. The molecule has 0 bridgehead atoms. The monoisotopic (exact) mass is 287 g/mol. The molecule has 1 aromatic heterocycles. The van der Waals surface area contributed by atoms with Gasteiger partial charge in [-0.05, 0) is 24.5 Å². The number of imidazole rings is 1. The Morgan fingerprint density at radius 3 is 2.67 bits per heavy atom. The molecule has 2 N–H and O–H groups in total. The average Bonchev–Trinajstić information content (AvgIpc) is 2.77. The lowest BCUT2D eigenvalue weighted by Crippen LogP contribution is -2.30. The van der Waals surface area contributed by atoms with Gasteiger partial charge in [0.25, 0.3) is 0 Å². The Morgan fingerprint density at radius 1 is 1.33 bits per heavy atom. The number of nitrogens with two attached hydrogens (primary N) is 1. The van der Waals surface area contributed by atoms with Crippen molar-refractivity contribution in [2.45, 2.75) is 40.2 Å². The van der Waals surface area contributed by atoms with Gasteiger partial charge in [0.15, 0.2) is 0 Å². The smallest absolute Gasteiger partial charge is 0.144 e. The summed E-state index contributed by atoms with van der Waals surface area (Å²) in [5, 5.41) is 0. The highest BCUT2D eigenvalue weighted by Gasteiger charge is 2.23. The summed E-state index contributed by atoms with van der Waals surface area (Å²) in [6, 6.07) is 8.06. The minimum atomic E-state index is -0.0834. The van der Waals surface area contributed by atoms with Crippen LogP contribution < -0.4 is 5.73 Å². The van der Waals surface area contributed by atoms with Crippen LogP contribution in [0.4, 0.5) is 0 Å². The van der Waals surface area contributed by atoms with Crippen LogP contribution in [0.3, 0.4) is 0 Å². The minimum Gasteiger partial charge on any atom is -0.330 e. The average molecular weight is 287 g/mol. The number of aryl methyl sites for hydroxylation is 1. The predicted octanol–water partition coefficient (Wildman–Crippen LogP) is 2.79. The van der Waals surface area contributed by atoms with Gasteiger partial charge in [-0.25, -0.2) is 4.98 Å². The van der Waals surface area contributed by atoms with Crippen molar-refractivity contribution in [3.05, 3.63) is 30.1 Å². The Balaban J connectivity index is 2.33. The van der Waals surface area contributed by atoms with E-state index < -0.39 is 0 Å². The van der Waals surface area contributed by atoms with E-state index in [2.05, 4.69) is 22.5 Å². The van der Waals surface area contributed by atoms with E-state index in [-0.39, 0.29) is 17.6 Å². The molecule has 2 rings (SSSR count). The topological polar surface area (TPSA) is 60.9 Å². The number of aromatic nitrogens is 2. The molecule has 2 aromatic rings. The highest BCUT2D eigenvalue weighted by molar-refractivity contribution is 5.84. The minimum absolute atomic E-state index is 0.0834. The number of nitrogens with zero attached hydrogens (tertiary/aromatic N) is 2. The Morgan fingerprint density at radius 2 is 2.05 bits per heavy atom. The van der Waals surface area contributed by atoms with Crippen molar-refractivity contribution in [3.63, 3.8) is 0 Å². The van der Waals surface area contributed by atoms with E-state index in [9.17, 15) is 4.79 Å². The highest BCUT2D eigenvalue weighted by Crippen LogP contribution is 2.19. The molecule has 0 saturated heterocycles. The van der Waals surface area contributed by atoms with E-state index in [1.165, 1.54) is 0 Å². The van der Waals surface area contributed by atoms with Gasteiger partial charge in [0.05, 0.1) is 17.5 Å². The molecule has 1 atom stereocenters. The molecule has 0 spiro atoms. The first kappa shape index (κ1) is 15.7. The Bertz CT molecular complexity index is 616. The Labute approximate surface area is 126 Å². The molecule has 0 aliphatic rings. The van der Waals surface area contributed by atoms with Crippen LogP contribution in [0.5, 0.6) is 0 Å². The zero-order chi connectivity index (χ0) is 15.4. The third-order valence-corrected chi connectivity index (χ3v) is 3.99. The summed E-state index contributed by atoms with van der Waals surface area (Å²) in [6.45, 7) is 7.52. The molecule has 4 nitrogen and oxygen atoms in total. The molecule has 4 heteroatoms. The molecule has 0 aliphatic carbocycles. The second-order valence-electron chi connectivity index (χ2n) is 5.90. The fourth-order valence-electron chi connectivity index (χ4n) is 2.80. The zero-order valence-corrected chi connectivity index (χ0v) is 13.2. The molecule has 1 heterocycles. The van der Waals surface area contributed by atoms with Crippen molar-refractivity contribution in [1.82, 2.24) is 9.55 Å². The van der Waals surface area contributed by atoms with Crippen molar-refractivity contribution < 1.29 is 4.79 Å². The summed E-state index contributed by atoms with van der Waals surface area (Å²) in [5.41, 5.74) is 7.82. The molecule has 0 saturated carbocycles. The van der Waals surface area contributed by atoms with Crippen LogP contribution in [-0.4, -0.2) is 21.9 Å². The van der Waals surface area contributed by atoms with E-state index in [1.807, 2.05) is 32.0 Å². The quantitative estimate of drug-likeness (QED) is 0.851. The largest absolute Gasteiger partial charge is 0.330 e. The second-order valence-corrected chi connectivity index (χ2v) is 5.90. The standard InChI is InChI=1S/C17H25N3O/c1-4-9-20-15-8-6-5-7-14(15)19-17(20)10-16(21)13(11-18)12(2)3/h5-8,12-13H,4,9-11,18H2,1-3H3. The molecule has 0 aliphatic heterocycles. The van der Waals surface area contributed by atoms with Crippen molar-refractivity contribution in [2.24, 2.45) is 17.6 Å². The van der Waals surface area contributed by atoms with Crippen LogP contribution in [0.15, 0.2) is 24.3 Å². The highest BCUT2D eigenvalue weighted by atomic mass is 16.1. The van der Waals surface area contributed by atoms with Gasteiger partial charge in [-0.3, -0.25) is 4.79 Å². The van der Waals surface area contributed by atoms with Gasteiger partial charge in [0.2, 0.25) is 0 Å². The van der Waals surface area contributed by atoms with E-state index in [4.69, 9.17) is 5.73 Å².